The first-order chi connectivity index (χ1) is 15.3. The van der Waals surface area contributed by atoms with Crippen molar-refractivity contribution in [3.05, 3.63) is 59.7 Å². The largest absolute Gasteiger partial charge is 0.481 e. The lowest BCUT2D eigenvalue weighted by Crippen LogP contribution is -2.59. The van der Waals surface area contributed by atoms with Gasteiger partial charge in [0.2, 0.25) is 5.91 Å². The third-order valence-electron chi connectivity index (χ3n) is 6.19. The summed E-state index contributed by atoms with van der Waals surface area (Å²) in [7, 11) is 0. The van der Waals surface area contributed by atoms with Gasteiger partial charge in [-0.1, -0.05) is 62.4 Å². The highest BCUT2D eigenvalue weighted by Crippen LogP contribution is 2.44. The predicted molar refractivity (Wildman–Crippen MR) is 121 cm³/mol. The molecule has 1 aliphatic rings. The number of rotatable bonds is 9. The van der Waals surface area contributed by atoms with Crippen molar-refractivity contribution in [1.82, 2.24) is 10.6 Å². The van der Waals surface area contributed by atoms with Crippen LogP contribution in [-0.2, 0) is 14.3 Å². The van der Waals surface area contributed by atoms with Crippen molar-refractivity contribution in [2.24, 2.45) is 0 Å². The summed E-state index contributed by atoms with van der Waals surface area (Å²) in [4.78, 5) is 36.5. The van der Waals surface area contributed by atoms with E-state index in [9.17, 15) is 14.4 Å². The Morgan fingerprint density at radius 1 is 1.00 bits per heavy atom. The van der Waals surface area contributed by atoms with Gasteiger partial charge in [-0.25, -0.2) is 4.79 Å². The van der Waals surface area contributed by atoms with E-state index in [1.54, 1.807) is 20.8 Å². The summed E-state index contributed by atoms with van der Waals surface area (Å²) in [6.45, 7) is 5.37. The van der Waals surface area contributed by atoms with Crippen LogP contribution in [0.4, 0.5) is 4.79 Å². The van der Waals surface area contributed by atoms with Gasteiger partial charge in [0.25, 0.3) is 0 Å². The molecular weight excluding hydrogens is 408 g/mol. The lowest BCUT2D eigenvalue weighted by molar-refractivity contribution is -0.137. The predicted octanol–water partition coefficient (Wildman–Crippen LogP) is 4.06. The Kier molecular flexibility index (Phi) is 7.18. The zero-order valence-electron chi connectivity index (χ0n) is 18.7. The molecule has 0 saturated heterocycles. The van der Waals surface area contributed by atoms with Crippen molar-refractivity contribution < 1.29 is 24.2 Å². The molecular formula is C25H30N2O5. The highest BCUT2D eigenvalue weighted by atomic mass is 16.5. The maximum absolute atomic E-state index is 12.9. The van der Waals surface area contributed by atoms with Crippen LogP contribution in [0.2, 0.25) is 0 Å². The van der Waals surface area contributed by atoms with Crippen LogP contribution in [0.3, 0.4) is 0 Å². The van der Waals surface area contributed by atoms with Gasteiger partial charge in [0, 0.05) is 12.0 Å². The fourth-order valence-corrected chi connectivity index (χ4v) is 4.31. The van der Waals surface area contributed by atoms with Crippen LogP contribution in [0.25, 0.3) is 11.1 Å². The van der Waals surface area contributed by atoms with Gasteiger partial charge in [-0.15, -0.1) is 0 Å². The molecule has 2 aromatic carbocycles. The SMILES string of the molecule is CCC(CC)(NC(=O)OCC1c2ccccc2-c2ccccc21)C(=O)N[C@@H](C)CC(=O)O. The highest BCUT2D eigenvalue weighted by Gasteiger charge is 2.38. The van der Waals surface area contributed by atoms with Gasteiger partial charge in [-0.2, -0.15) is 0 Å². The van der Waals surface area contributed by atoms with Gasteiger partial charge in [0.05, 0.1) is 6.42 Å². The topological polar surface area (TPSA) is 105 Å². The van der Waals surface area contributed by atoms with Crippen LogP contribution < -0.4 is 10.6 Å². The third-order valence-corrected chi connectivity index (χ3v) is 6.19. The molecule has 0 aliphatic heterocycles. The number of alkyl carbamates (subject to hydrolysis) is 1. The van der Waals surface area contributed by atoms with E-state index in [0.717, 1.165) is 22.3 Å². The van der Waals surface area contributed by atoms with E-state index in [-0.39, 0.29) is 18.9 Å². The number of ether oxygens (including phenoxy) is 1. The number of carbonyl (C=O) groups excluding carboxylic acids is 2. The molecule has 7 heteroatoms. The van der Waals surface area contributed by atoms with Crippen molar-refractivity contribution in [1.29, 1.82) is 0 Å². The molecule has 0 spiro atoms. The smallest absolute Gasteiger partial charge is 0.408 e. The molecule has 1 aliphatic carbocycles. The minimum absolute atomic E-state index is 0.0739. The van der Waals surface area contributed by atoms with E-state index in [1.165, 1.54) is 0 Å². The molecule has 0 heterocycles. The molecule has 2 aromatic rings. The van der Waals surface area contributed by atoms with Crippen LogP contribution in [0.15, 0.2) is 48.5 Å². The first-order valence-corrected chi connectivity index (χ1v) is 11.0. The fourth-order valence-electron chi connectivity index (χ4n) is 4.31. The summed E-state index contributed by atoms with van der Waals surface area (Å²) in [6, 6.07) is 15.6. The van der Waals surface area contributed by atoms with Gasteiger partial charge in [-0.3, -0.25) is 9.59 Å². The van der Waals surface area contributed by atoms with E-state index in [0.29, 0.717) is 12.8 Å². The molecule has 0 unspecified atom stereocenters. The monoisotopic (exact) mass is 438 g/mol. The van der Waals surface area contributed by atoms with Crippen LogP contribution in [0.5, 0.6) is 0 Å². The second-order valence-corrected chi connectivity index (χ2v) is 8.21. The minimum Gasteiger partial charge on any atom is -0.481 e. The fraction of sp³-hybridized carbons (Fsp3) is 0.400. The van der Waals surface area contributed by atoms with E-state index in [2.05, 4.69) is 22.8 Å². The van der Waals surface area contributed by atoms with Gasteiger partial charge in [-0.05, 0) is 42.0 Å². The number of aliphatic carboxylic acids is 1. The quantitative estimate of drug-likeness (QED) is 0.548. The van der Waals surface area contributed by atoms with Crippen LogP contribution >= 0.6 is 0 Å². The second-order valence-electron chi connectivity index (χ2n) is 8.21. The molecule has 0 bridgehead atoms. The standard InChI is InChI=1S/C25H30N2O5/c1-4-25(5-2,23(30)26-16(3)14-22(28)29)27-24(31)32-15-21-19-12-8-6-10-17(19)18-11-7-9-13-20(18)21/h6-13,16,21H,4-5,14-15H2,1-3H3,(H,26,30)(H,27,31)(H,28,29)/t16-/m0/s1. The Hall–Kier alpha value is -3.35. The molecule has 3 N–H and O–H groups in total. The number of benzene rings is 2. The van der Waals surface area contributed by atoms with Crippen molar-refractivity contribution in [3.8, 4) is 11.1 Å². The summed E-state index contributed by atoms with van der Waals surface area (Å²) in [5, 5.41) is 14.4. The summed E-state index contributed by atoms with van der Waals surface area (Å²) in [5.74, 6) is -1.49. The molecule has 7 nitrogen and oxygen atoms in total. The molecule has 32 heavy (non-hydrogen) atoms. The zero-order chi connectivity index (χ0) is 23.3. The Morgan fingerprint density at radius 2 is 1.53 bits per heavy atom. The molecule has 2 amide bonds. The van der Waals surface area contributed by atoms with Crippen molar-refractivity contribution in [2.75, 3.05) is 6.61 Å². The number of carbonyl (C=O) groups is 3. The number of amides is 2. The number of hydrogen-bond donors (Lipinski definition) is 3. The Morgan fingerprint density at radius 3 is 2.03 bits per heavy atom. The van der Waals surface area contributed by atoms with Crippen LogP contribution in [-0.4, -0.2) is 41.3 Å². The summed E-state index contributed by atoms with van der Waals surface area (Å²) >= 11 is 0. The number of nitrogens with one attached hydrogen (secondary N) is 2. The van der Waals surface area contributed by atoms with E-state index in [1.807, 2.05) is 36.4 Å². The zero-order valence-corrected chi connectivity index (χ0v) is 18.7. The first-order valence-electron chi connectivity index (χ1n) is 11.0. The maximum Gasteiger partial charge on any atom is 0.408 e. The molecule has 0 fully saturated rings. The maximum atomic E-state index is 12.9. The van der Waals surface area contributed by atoms with Gasteiger partial charge in [0.15, 0.2) is 0 Å². The lowest BCUT2D eigenvalue weighted by atomic mass is 9.91. The first kappa shape index (κ1) is 23.3. The molecule has 0 aromatic heterocycles. The summed E-state index contributed by atoms with van der Waals surface area (Å²) < 4.78 is 5.59. The van der Waals surface area contributed by atoms with Crippen molar-refractivity contribution in [3.63, 3.8) is 0 Å². The van der Waals surface area contributed by atoms with E-state index in [4.69, 9.17) is 9.84 Å². The molecule has 1 atom stereocenters. The number of hydrogen-bond acceptors (Lipinski definition) is 4. The van der Waals surface area contributed by atoms with Gasteiger partial charge >= 0.3 is 12.1 Å². The Bertz CT molecular complexity index is 954. The minimum atomic E-state index is -1.17. The number of carboxylic acid groups (broad SMARTS) is 1. The van der Waals surface area contributed by atoms with Gasteiger partial charge in [0.1, 0.15) is 12.1 Å². The average molecular weight is 439 g/mol. The number of carboxylic acids is 1. The molecule has 170 valence electrons. The highest BCUT2D eigenvalue weighted by molar-refractivity contribution is 5.90. The number of fused-ring (bicyclic) bond motifs is 3. The molecule has 0 radical (unpaired) electrons. The van der Waals surface area contributed by atoms with Crippen molar-refractivity contribution >= 4 is 18.0 Å². The molecule has 0 saturated carbocycles. The van der Waals surface area contributed by atoms with E-state index < -0.39 is 29.6 Å². The normalized spacial score (nSPS) is 13.6. The third kappa shape index (κ3) is 4.77. The van der Waals surface area contributed by atoms with E-state index >= 15 is 0 Å². The lowest BCUT2D eigenvalue weighted by Gasteiger charge is -2.32. The summed E-state index contributed by atoms with van der Waals surface area (Å²) in [5.41, 5.74) is 3.33. The summed E-state index contributed by atoms with van der Waals surface area (Å²) in [6.07, 6.45) is -0.171. The Balaban J connectivity index is 1.69. The second kappa shape index (κ2) is 9.85. The van der Waals surface area contributed by atoms with Crippen molar-refractivity contribution in [2.45, 2.75) is 57.5 Å². The van der Waals surface area contributed by atoms with Gasteiger partial charge < -0.3 is 20.5 Å². The van der Waals surface area contributed by atoms with Crippen LogP contribution in [0, 0.1) is 0 Å². The average Bonchev–Trinajstić information content (AvgIpc) is 3.09. The molecule has 3 rings (SSSR count). The Labute approximate surface area is 188 Å². The van der Waals surface area contributed by atoms with Crippen LogP contribution in [0.1, 0.15) is 57.1 Å².